The molecule has 6 heterocycles. The number of halogens is 1. The van der Waals surface area contributed by atoms with Crippen LogP contribution in [-0.2, 0) is 48.0 Å². The fourth-order valence-corrected chi connectivity index (χ4v) is 10.5. The van der Waals surface area contributed by atoms with Crippen molar-refractivity contribution in [2.75, 3.05) is 47.4 Å². The lowest BCUT2D eigenvalue weighted by Crippen LogP contribution is -2.62. The number of carbonyl (C=O) groups excluding carboxylic acids is 5. The number of likely N-dealkylation sites (tertiary alicyclic amines) is 1. The average molecular weight is 1150 g/mol. The van der Waals surface area contributed by atoms with Crippen LogP contribution in [0.25, 0.3) is 33.4 Å². The Morgan fingerprint density at radius 3 is 2.42 bits per heavy atom. The van der Waals surface area contributed by atoms with Gasteiger partial charge in [0.25, 0.3) is 5.91 Å². The van der Waals surface area contributed by atoms with Crippen molar-refractivity contribution in [2.45, 2.75) is 110 Å². The van der Waals surface area contributed by atoms with Crippen LogP contribution in [0.5, 0.6) is 0 Å². The summed E-state index contributed by atoms with van der Waals surface area (Å²) >= 11 is 1.37. The molecule has 1 aromatic carbocycles. The van der Waals surface area contributed by atoms with Gasteiger partial charge in [0.2, 0.25) is 11.8 Å². The average Bonchev–Trinajstić information content (AvgIpc) is 4.03. The summed E-state index contributed by atoms with van der Waals surface area (Å²) in [6, 6.07) is 5.80. The van der Waals surface area contributed by atoms with Crippen LogP contribution in [0.15, 0.2) is 54.6 Å². The van der Waals surface area contributed by atoms with Gasteiger partial charge in [-0.15, -0.1) is 11.3 Å². The number of ether oxygens (including phenoxy) is 2. The van der Waals surface area contributed by atoms with Gasteiger partial charge < -0.3 is 34.1 Å². The molecule has 0 radical (unpaired) electrons. The molecule has 6 atom stereocenters. The Balaban J connectivity index is 0.00000444. The number of urea groups is 1. The Labute approximate surface area is 475 Å². The van der Waals surface area contributed by atoms with Gasteiger partial charge in [-0.1, -0.05) is 40.3 Å². The Hall–Kier alpha value is -3.62. The van der Waals surface area contributed by atoms with Gasteiger partial charge in [-0.25, -0.2) is 19.6 Å². The van der Waals surface area contributed by atoms with Gasteiger partial charge in [-0.2, -0.15) is 81.0 Å². The van der Waals surface area contributed by atoms with E-state index in [1.807, 2.05) is 24.4 Å². The topological polar surface area (TPSA) is 172 Å². The van der Waals surface area contributed by atoms with Crippen LogP contribution >= 0.6 is 92.3 Å². The molecular formula is C49H76FN9O7S7. The molecule has 0 aliphatic carbocycles. The van der Waals surface area contributed by atoms with Crippen molar-refractivity contribution in [3.63, 3.8) is 0 Å². The van der Waals surface area contributed by atoms with Gasteiger partial charge in [-0.05, 0) is 74.9 Å². The number of amides is 5. The lowest BCUT2D eigenvalue weighted by atomic mass is 9.84. The number of nitrogens with one attached hydrogen (secondary N) is 2. The summed E-state index contributed by atoms with van der Waals surface area (Å²) in [6.07, 6.45) is 2.62. The Morgan fingerprint density at radius 1 is 1.08 bits per heavy atom. The van der Waals surface area contributed by atoms with Crippen molar-refractivity contribution < 1.29 is 37.8 Å². The number of hydrogen-bond acceptors (Lipinski definition) is 11. The highest BCUT2D eigenvalue weighted by molar-refractivity contribution is 7.60. The Kier molecular flexibility index (Phi) is 26.3. The van der Waals surface area contributed by atoms with Crippen molar-refractivity contribution in [3.05, 3.63) is 70.8 Å². The number of hydrazine groups is 1. The molecule has 408 valence electrons. The maximum absolute atomic E-state index is 15.3. The third-order valence-electron chi connectivity index (χ3n) is 13.3. The number of thiazole rings is 1. The largest absolute Gasteiger partial charge is 0.464 e. The maximum atomic E-state index is 15.3. The number of aromatic nitrogens is 3. The van der Waals surface area contributed by atoms with E-state index in [9.17, 15) is 24.0 Å². The smallest absolute Gasteiger partial charge is 0.324 e. The Morgan fingerprint density at radius 2 is 1.78 bits per heavy atom. The molecule has 2 N–H and O–H groups in total. The second-order valence-electron chi connectivity index (χ2n) is 19.0. The molecule has 4 aromatic rings. The summed E-state index contributed by atoms with van der Waals surface area (Å²) in [5.74, 6) is -2.44. The number of carbonyl (C=O) groups is 5. The molecule has 16 nitrogen and oxygen atoms in total. The third-order valence-corrected chi connectivity index (χ3v) is 14.2. The molecule has 5 amide bonds. The lowest BCUT2D eigenvalue weighted by molar-refractivity contribution is -0.155. The van der Waals surface area contributed by atoms with E-state index in [4.69, 9.17) is 19.4 Å². The maximum Gasteiger partial charge on any atom is 0.324 e. The summed E-state index contributed by atoms with van der Waals surface area (Å²) in [4.78, 5) is 82.9. The van der Waals surface area contributed by atoms with Gasteiger partial charge >= 0.3 is 12.0 Å². The van der Waals surface area contributed by atoms with Crippen LogP contribution in [-0.4, -0.2) is 142 Å². The number of methoxy groups -OCH3 is 1. The molecule has 3 aliphatic heterocycles. The molecule has 0 unspecified atom stereocenters. The summed E-state index contributed by atoms with van der Waals surface area (Å²) in [6.45, 7) is 16.0. The normalized spacial score (nSPS) is 20.2. The second-order valence-corrected chi connectivity index (χ2v) is 19.9. The highest BCUT2D eigenvalue weighted by atomic mass is 32.1. The number of rotatable bonds is 10. The number of benzene rings is 1. The van der Waals surface area contributed by atoms with Gasteiger partial charge in [0, 0.05) is 86.3 Å². The molecule has 6 bridgehead atoms. The summed E-state index contributed by atoms with van der Waals surface area (Å²) in [5.41, 5.74) is 9.05. The molecule has 2 saturated heterocycles. The minimum absolute atomic E-state index is 0. The van der Waals surface area contributed by atoms with Crippen molar-refractivity contribution >= 4 is 133 Å². The number of cyclic esters (lactones) is 1. The van der Waals surface area contributed by atoms with E-state index < -0.39 is 71.4 Å². The molecule has 73 heavy (non-hydrogen) atoms. The number of esters is 1. The fourth-order valence-electron chi connectivity index (χ4n) is 9.66. The van der Waals surface area contributed by atoms with E-state index in [1.54, 1.807) is 27.2 Å². The molecule has 3 aromatic heterocycles. The minimum atomic E-state index is -1.50. The van der Waals surface area contributed by atoms with Gasteiger partial charge in [0.1, 0.15) is 24.3 Å². The quantitative estimate of drug-likeness (QED) is 0.130. The number of pyridine rings is 1. The number of aryl methyl sites for hydroxylation is 1. The fraction of sp³-hybridized carbons (Fsp3) is 0.531. The van der Waals surface area contributed by atoms with Gasteiger partial charge in [0.15, 0.2) is 0 Å². The third kappa shape index (κ3) is 14.5. The zero-order valence-corrected chi connectivity index (χ0v) is 49.8. The monoisotopic (exact) mass is 1150 g/mol. The van der Waals surface area contributed by atoms with E-state index in [1.165, 1.54) is 45.1 Å². The van der Waals surface area contributed by atoms with Crippen LogP contribution in [0, 0.1) is 11.3 Å². The first kappa shape index (κ1) is 67.4. The van der Waals surface area contributed by atoms with Crippen molar-refractivity contribution in [3.8, 4) is 22.5 Å². The molecule has 2 fully saturated rings. The first-order valence-electron chi connectivity index (χ1n) is 23.0. The summed E-state index contributed by atoms with van der Waals surface area (Å²) in [5, 5.41) is 7.89. The molecule has 3 aliphatic rings. The van der Waals surface area contributed by atoms with Crippen LogP contribution in [0.1, 0.15) is 76.8 Å². The Bertz CT molecular complexity index is 2550. The number of hydrogen-bond donors (Lipinski definition) is 2. The molecule has 0 saturated carbocycles. The van der Waals surface area contributed by atoms with Gasteiger partial charge in [-0.3, -0.25) is 29.2 Å². The zero-order chi connectivity index (χ0) is 48.5. The van der Waals surface area contributed by atoms with E-state index in [0.29, 0.717) is 36.5 Å². The van der Waals surface area contributed by atoms with E-state index in [2.05, 4.69) is 60.9 Å². The number of alkyl halides is 1. The standard InChI is InChI=1S/C49H64FN9O7S.6H2S/c1-11-41(60)55(8)39-25-57(24-34(39)50)48(64)56(9)43(28(3)4)45(61)53-36-22-40-52-37(26-67-40)30-17-18-38-32(21-30)33(44(58(38)12-2)31-15-13-19-51-42(31)29(5)65-10)23-49(6,7)27-66-47(63)35-16-14-20-59(54-35)46(36)62;;;;;;/h11,13,15,17-19,21,26,28-29,34-36,39,43,54H,1,12,14,16,20,22-25,27H2,2-10H3,(H,53,61);6*1H2/t29-,34-,35-,36-,39-,43-;;;;;;/m0....../s1. The first-order valence-corrected chi connectivity index (χ1v) is 23.9. The zero-order valence-electron chi connectivity index (χ0n) is 43.0. The highest BCUT2D eigenvalue weighted by Crippen LogP contribution is 2.42. The molecule has 7 rings (SSSR count). The minimum Gasteiger partial charge on any atom is -0.464 e. The molecular weight excluding hydrogens is 1070 g/mol. The van der Waals surface area contributed by atoms with Crippen molar-refractivity contribution in [1.29, 1.82) is 0 Å². The van der Waals surface area contributed by atoms with Gasteiger partial charge in [0.05, 0.1) is 47.4 Å². The highest BCUT2D eigenvalue weighted by Gasteiger charge is 2.43. The van der Waals surface area contributed by atoms with E-state index >= 15 is 4.39 Å². The predicted molar refractivity (Wildman–Crippen MR) is 317 cm³/mol. The second kappa shape index (κ2) is 28.5. The predicted octanol–water partition coefficient (Wildman–Crippen LogP) is 6.62. The van der Waals surface area contributed by atoms with Crippen LogP contribution in [0.4, 0.5) is 9.18 Å². The summed E-state index contributed by atoms with van der Waals surface area (Å²) in [7, 11) is 4.61. The number of likely N-dealkylation sites (N-methyl/N-ethyl adjacent to an activating group) is 2. The molecule has 24 heteroatoms. The first-order chi connectivity index (χ1) is 31.9. The van der Waals surface area contributed by atoms with Crippen LogP contribution in [0.3, 0.4) is 0 Å². The molecule has 0 spiro atoms. The van der Waals surface area contributed by atoms with Crippen molar-refractivity contribution in [1.82, 2.24) is 45.0 Å². The van der Waals surface area contributed by atoms with E-state index in [0.717, 1.165) is 45.1 Å². The van der Waals surface area contributed by atoms with Crippen LogP contribution < -0.4 is 10.7 Å². The number of nitrogens with zero attached hydrogens (tertiary/aromatic N) is 7. The van der Waals surface area contributed by atoms with E-state index in [-0.39, 0.29) is 120 Å². The van der Waals surface area contributed by atoms with Crippen molar-refractivity contribution in [2.24, 2.45) is 11.3 Å². The van der Waals surface area contributed by atoms with Crippen LogP contribution in [0.2, 0.25) is 0 Å². The number of fused-ring (bicyclic) bond motifs is 6. The SMILES string of the molecule is C=CC(=O)N(C)[C@H]1CN(C(=O)N(C)[C@H](C(=O)N[C@H]2Cc3nc(cs3)-c3ccc4c(c3)c(c(-c3cccnc3[C@H](C)OC)n4CC)CC(C)(C)COC(=O)[C@@H]3CCCN(N3)C2=O)C(C)C)C[C@@H]1F.S.S.S.S.S.S. The summed E-state index contributed by atoms with van der Waals surface area (Å²) < 4.78 is 29.5. The lowest BCUT2D eigenvalue weighted by Gasteiger charge is -2.37.